The quantitative estimate of drug-likeness (QED) is 0.278. The van der Waals surface area contributed by atoms with Crippen molar-refractivity contribution in [2.24, 2.45) is 4.99 Å². The van der Waals surface area contributed by atoms with Gasteiger partial charge in [0.15, 0.2) is 4.80 Å². The SMILES string of the molecule is CC(=O)Oc1ccc(/C=c2/sc3n(c2=O)[C@@H](c2cccs2)C(C(=O)OCc2ccccc2)=C(C)N=3)cc1. The van der Waals surface area contributed by atoms with Crippen LogP contribution in [-0.4, -0.2) is 16.5 Å². The second-order valence-electron chi connectivity index (χ2n) is 8.32. The molecule has 0 fully saturated rings. The van der Waals surface area contributed by atoms with Crippen LogP contribution in [0, 0.1) is 0 Å². The van der Waals surface area contributed by atoms with Gasteiger partial charge in [0.2, 0.25) is 0 Å². The van der Waals surface area contributed by atoms with E-state index in [1.54, 1.807) is 41.8 Å². The van der Waals surface area contributed by atoms with Crippen LogP contribution in [0.4, 0.5) is 0 Å². The van der Waals surface area contributed by atoms with Gasteiger partial charge in [0, 0.05) is 11.8 Å². The monoisotopic (exact) mass is 530 g/mol. The summed E-state index contributed by atoms with van der Waals surface area (Å²) in [7, 11) is 0. The first-order valence-corrected chi connectivity index (χ1v) is 13.2. The van der Waals surface area contributed by atoms with Crippen LogP contribution in [0.3, 0.4) is 0 Å². The molecule has 0 saturated heterocycles. The van der Waals surface area contributed by atoms with E-state index in [9.17, 15) is 14.4 Å². The third kappa shape index (κ3) is 5.23. The van der Waals surface area contributed by atoms with E-state index in [0.29, 0.717) is 26.4 Å². The molecule has 2 aromatic heterocycles. The molecular formula is C28H22N2O5S2. The summed E-state index contributed by atoms with van der Waals surface area (Å²) < 4.78 is 12.8. The lowest BCUT2D eigenvalue weighted by atomic mass is 10.0. The molecular weight excluding hydrogens is 508 g/mol. The minimum atomic E-state index is -0.631. The number of fused-ring (bicyclic) bond motifs is 1. The number of hydrogen-bond acceptors (Lipinski definition) is 8. The van der Waals surface area contributed by atoms with E-state index < -0.39 is 18.0 Å². The number of allylic oxidation sites excluding steroid dienone is 1. The molecule has 0 aliphatic carbocycles. The average Bonchev–Trinajstić information content (AvgIpc) is 3.52. The summed E-state index contributed by atoms with van der Waals surface area (Å²) in [5.41, 5.74) is 2.27. The fourth-order valence-corrected chi connectivity index (χ4v) is 5.92. The first-order chi connectivity index (χ1) is 17.9. The van der Waals surface area contributed by atoms with E-state index in [4.69, 9.17) is 9.47 Å². The van der Waals surface area contributed by atoms with Gasteiger partial charge in [-0.3, -0.25) is 14.2 Å². The van der Waals surface area contributed by atoms with Gasteiger partial charge in [-0.2, -0.15) is 0 Å². The molecule has 0 saturated carbocycles. The zero-order valence-electron chi connectivity index (χ0n) is 20.0. The first kappa shape index (κ1) is 24.6. The van der Waals surface area contributed by atoms with E-state index in [1.807, 2.05) is 47.8 Å². The summed E-state index contributed by atoms with van der Waals surface area (Å²) in [4.78, 5) is 44.1. The Bertz CT molecular complexity index is 1660. The minimum absolute atomic E-state index is 0.126. The topological polar surface area (TPSA) is 87.0 Å². The molecule has 0 amide bonds. The lowest BCUT2D eigenvalue weighted by molar-refractivity contribution is -0.141. The molecule has 0 spiro atoms. The van der Waals surface area contributed by atoms with Crippen molar-refractivity contribution < 1.29 is 19.1 Å². The molecule has 186 valence electrons. The Morgan fingerprint density at radius 2 is 1.81 bits per heavy atom. The largest absolute Gasteiger partial charge is 0.457 e. The summed E-state index contributed by atoms with van der Waals surface area (Å²) >= 11 is 2.73. The third-order valence-corrected chi connectivity index (χ3v) is 7.61. The summed E-state index contributed by atoms with van der Waals surface area (Å²) in [5, 5.41) is 1.91. The van der Waals surface area contributed by atoms with Crippen molar-refractivity contribution in [3.63, 3.8) is 0 Å². The maximum absolute atomic E-state index is 13.6. The normalized spacial score (nSPS) is 15.2. The van der Waals surface area contributed by atoms with E-state index in [0.717, 1.165) is 16.0 Å². The lowest BCUT2D eigenvalue weighted by Gasteiger charge is -2.23. The fraction of sp³-hybridized carbons (Fsp3) is 0.143. The second-order valence-corrected chi connectivity index (χ2v) is 10.3. The number of aromatic nitrogens is 1. The van der Waals surface area contributed by atoms with Crippen LogP contribution in [0.5, 0.6) is 5.75 Å². The summed E-state index contributed by atoms with van der Waals surface area (Å²) in [5.74, 6) is -0.472. The minimum Gasteiger partial charge on any atom is -0.457 e. The van der Waals surface area contributed by atoms with Crippen LogP contribution in [0.2, 0.25) is 0 Å². The number of carbonyl (C=O) groups excluding carboxylic acids is 2. The Morgan fingerprint density at radius 1 is 1.05 bits per heavy atom. The number of nitrogens with zero attached hydrogens (tertiary/aromatic N) is 2. The van der Waals surface area contributed by atoms with Crippen molar-refractivity contribution in [3.05, 3.63) is 119 Å². The van der Waals surface area contributed by atoms with Gasteiger partial charge < -0.3 is 9.47 Å². The molecule has 9 heteroatoms. The standard InChI is InChI=1S/C28H22N2O5S2/c1-17-24(27(33)34-16-20-7-4-3-5-8-20)25(22-9-6-14-36-22)30-26(32)23(37-28(30)29-17)15-19-10-12-21(13-11-19)35-18(2)31/h3-15,25H,16H2,1-2H3/b23-15+/t25-/m0/s1. The highest BCUT2D eigenvalue weighted by Crippen LogP contribution is 2.33. The predicted octanol–water partition coefficient (Wildman–Crippen LogP) is 3.97. The number of esters is 2. The summed E-state index contributed by atoms with van der Waals surface area (Å²) in [6.45, 7) is 3.23. The zero-order valence-corrected chi connectivity index (χ0v) is 21.7. The maximum atomic E-state index is 13.6. The lowest BCUT2D eigenvalue weighted by Crippen LogP contribution is -2.39. The number of thiazole rings is 1. The van der Waals surface area contributed by atoms with Gasteiger partial charge in [-0.25, -0.2) is 9.79 Å². The van der Waals surface area contributed by atoms with Gasteiger partial charge in [0.05, 0.1) is 15.8 Å². The Labute approximate surface area is 220 Å². The van der Waals surface area contributed by atoms with Crippen molar-refractivity contribution in [3.8, 4) is 5.75 Å². The Balaban J connectivity index is 1.53. The average molecular weight is 531 g/mol. The Morgan fingerprint density at radius 3 is 2.49 bits per heavy atom. The van der Waals surface area contributed by atoms with Gasteiger partial charge in [0.25, 0.3) is 5.56 Å². The van der Waals surface area contributed by atoms with Crippen molar-refractivity contribution in [1.82, 2.24) is 4.57 Å². The molecule has 0 bridgehead atoms. The molecule has 1 aliphatic rings. The number of ether oxygens (including phenoxy) is 2. The number of benzene rings is 2. The molecule has 0 radical (unpaired) electrons. The van der Waals surface area contributed by atoms with Crippen molar-refractivity contribution >= 4 is 40.7 Å². The van der Waals surface area contributed by atoms with Gasteiger partial charge in [-0.05, 0) is 47.7 Å². The summed E-state index contributed by atoms with van der Waals surface area (Å²) in [6.07, 6.45) is 1.76. The van der Waals surface area contributed by atoms with E-state index in [-0.39, 0.29) is 12.2 Å². The van der Waals surface area contributed by atoms with E-state index in [1.165, 1.54) is 29.6 Å². The van der Waals surface area contributed by atoms with Crippen LogP contribution in [0.15, 0.2) is 93.2 Å². The molecule has 1 atom stereocenters. The van der Waals surface area contributed by atoms with Gasteiger partial charge >= 0.3 is 11.9 Å². The highest BCUT2D eigenvalue weighted by molar-refractivity contribution is 7.10. The molecule has 0 N–H and O–H groups in total. The molecule has 0 unspecified atom stereocenters. The van der Waals surface area contributed by atoms with Crippen LogP contribution in [0.25, 0.3) is 6.08 Å². The molecule has 5 rings (SSSR count). The highest BCUT2D eigenvalue weighted by atomic mass is 32.1. The predicted molar refractivity (Wildman–Crippen MR) is 142 cm³/mol. The van der Waals surface area contributed by atoms with Gasteiger partial charge in [-0.1, -0.05) is 59.9 Å². The third-order valence-electron chi connectivity index (χ3n) is 5.71. The molecule has 37 heavy (non-hydrogen) atoms. The molecule has 2 aromatic carbocycles. The van der Waals surface area contributed by atoms with Crippen LogP contribution in [0.1, 0.15) is 35.9 Å². The Hall–Kier alpha value is -4.08. The number of hydrogen-bond donors (Lipinski definition) is 0. The van der Waals surface area contributed by atoms with Crippen molar-refractivity contribution in [2.45, 2.75) is 26.5 Å². The first-order valence-electron chi connectivity index (χ1n) is 11.5. The second kappa shape index (κ2) is 10.5. The molecule has 7 nitrogen and oxygen atoms in total. The van der Waals surface area contributed by atoms with Crippen molar-refractivity contribution in [1.29, 1.82) is 0 Å². The van der Waals surface area contributed by atoms with E-state index in [2.05, 4.69) is 4.99 Å². The highest BCUT2D eigenvalue weighted by Gasteiger charge is 2.34. The molecule has 3 heterocycles. The molecule has 1 aliphatic heterocycles. The fourth-order valence-electron chi connectivity index (χ4n) is 4.05. The zero-order chi connectivity index (χ0) is 25.9. The van der Waals surface area contributed by atoms with Crippen LogP contribution in [-0.2, 0) is 20.9 Å². The molecule has 4 aromatic rings. The number of rotatable bonds is 6. The number of carbonyl (C=O) groups is 2. The smallest absolute Gasteiger partial charge is 0.338 e. The van der Waals surface area contributed by atoms with E-state index >= 15 is 0 Å². The van der Waals surface area contributed by atoms with Crippen molar-refractivity contribution in [2.75, 3.05) is 0 Å². The number of thiophene rings is 1. The summed E-state index contributed by atoms with van der Waals surface area (Å²) in [6, 6.07) is 19.5. The maximum Gasteiger partial charge on any atom is 0.338 e. The van der Waals surface area contributed by atoms with Gasteiger partial charge in [-0.15, -0.1) is 11.3 Å². The Kier molecular flexibility index (Phi) is 6.98. The van der Waals surface area contributed by atoms with Gasteiger partial charge in [0.1, 0.15) is 18.4 Å². The van der Waals surface area contributed by atoms with Crippen LogP contribution < -0.4 is 19.6 Å². The van der Waals surface area contributed by atoms with Crippen LogP contribution >= 0.6 is 22.7 Å².